The minimum absolute atomic E-state index is 0.0234. The zero-order valence-electron chi connectivity index (χ0n) is 13.3. The Morgan fingerprint density at radius 3 is 2.52 bits per heavy atom. The largest absolute Gasteiger partial charge is 0.492 e. The number of methoxy groups -OCH3 is 2. The molecule has 0 spiro atoms. The Balaban J connectivity index is 2.55. The second-order valence-corrected chi connectivity index (χ2v) is 4.62. The van der Waals surface area contributed by atoms with Crippen LogP contribution in [-0.4, -0.2) is 46.1 Å². The first kappa shape index (κ1) is 16.8. The summed E-state index contributed by atoms with van der Waals surface area (Å²) in [5, 5.41) is 0. The zero-order chi connectivity index (χ0) is 16.8. The molecule has 0 amide bonds. The van der Waals surface area contributed by atoms with Crippen LogP contribution in [0.15, 0.2) is 35.5 Å². The minimum atomic E-state index is -0.639. The lowest BCUT2D eigenvalue weighted by molar-refractivity contribution is -0.140. The molecule has 0 atom stereocenters. The first-order chi connectivity index (χ1) is 11.1. The molecule has 0 unspecified atom stereocenters. The van der Waals surface area contributed by atoms with Gasteiger partial charge in [0.05, 0.1) is 38.7 Å². The maximum Gasteiger partial charge on any atom is 0.355 e. The summed E-state index contributed by atoms with van der Waals surface area (Å²) in [6.07, 6.45) is 0. The molecule has 0 aliphatic carbocycles. The number of carbonyl (C=O) groups is 2. The summed E-state index contributed by atoms with van der Waals surface area (Å²) in [6, 6.07) is 7.18. The van der Waals surface area contributed by atoms with Gasteiger partial charge in [-0.2, -0.15) is 0 Å². The number of rotatable bonds is 5. The standard InChI is InChI=1S/C16H19NO6/c1-4-23-13-8-6-5-7-12(13)17-10-22-9-11(15(18)20-2)14(17)16(19)21-3/h5-8H,4,9-10H2,1-3H3. The van der Waals surface area contributed by atoms with Crippen molar-refractivity contribution in [3.05, 3.63) is 35.5 Å². The van der Waals surface area contributed by atoms with Gasteiger partial charge in [0, 0.05) is 0 Å². The number of hydrogen-bond donors (Lipinski definition) is 0. The number of hydrogen-bond acceptors (Lipinski definition) is 7. The molecule has 124 valence electrons. The fraction of sp³-hybridized carbons (Fsp3) is 0.375. The van der Waals surface area contributed by atoms with Gasteiger partial charge in [-0.05, 0) is 19.1 Å². The Kier molecular flexibility index (Phi) is 5.59. The number of para-hydroxylation sites is 2. The fourth-order valence-corrected chi connectivity index (χ4v) is 2.29. The fourth-order valence-electron chi connectivity index (χ4n) is 2.29. The first-order valence-electron chi connectivity index (χ1n) is 7.10. The number of anilines is 1. The van der Waals surface area contributed by atoms with Gasteiger partial charge >= 0.3 is 11.9 Å². The highest BCUT2D eigenvalue weighted by Gasteiger charge is 2.33. The normalized spacial score (nSPS) is 14.5. The Bertz CT molecular complexity index is 625. The van der Waals surface area contributed by atoms with Crippen molar-refractivity contribution >= 4 is 17.6 Å². The van der Waals surface area contributed by atoms with Crippen LogP contribution in [0.4, 0.5) is 5.69 Å². The Morgan fingerprint density at radius 1 is 1.17 bits per heavy atom. The third kappa shape index (κ3) is 3.45. The van der Waals surface area contributed by atoms with E-state index in [9.17, 15) is 9.59 Å². The second kappa shape index (κ2) is 7.64. The topological polar surface area (TPSA) is 74.3 Å². The van der Waals surface area contributed by atoms with Gasteiger partial charge in [-0.15, -0.1) is 0 Å². The van der Waals surface area contributed by atoms with E-state index in [0.717, 1.165) is 0 Å². The highest BCUT2D eigenvalue weighted by Crippen LogP contribution is 2.33. The molecule has 0 saturated heterocycles. The predicted octanol–water partition coefficient (Wildman–Crippen LogP) is 1.48. The van der Waals surface area contributed by atoms with Crippen molar-refractivity contribution in [1.29, 1.82) is 0 Å². The van der Waals surface area contributed by atoms with Crippen LogP contribution < -0.4 is 9.64 Å². The van der Waals surface area contributed by atoms with E-state index in [4.69, 9.17) is 18.9 Å². The van der Waals surface area contributed by atoms with Crippen molar-refractivity contribution in [2.24, 2.45) is 0 Å². The lowest BCUT2D eigenvalue weighted by Crippen LogP contribution is -2.39. The molecule has 0 fully saturated rings. The molecule has 0 bridgehead atoms. The summed E-state index contributed by atoms with van der Waals surface area (Å²) in [7, 11) is 2.50. The van der Waals surface area contributed by atoms with Gasteiger partial charge in [0.15, 0.2) is 0 Å². The van der Waals surface area contributed by atoms with E-state index in [1.54, 1.807) is 23.1 Å². The van der Waals surface area contributed by atoms with E-state index < -0.39 is 11.9 Å². The van der Waals surface area contributed by atoms with Gasteiger partial charge in [-0.25, -0.2) is 9.59 Å². The molecule has 1 aliphatic heterocycles. The molecule has 1 aromatic carbocycles. The van der Waals surface area contributed by atoms with Crippen molar-refractivity contribution in [3.8, 4) is 5.75 Å². The van der Waals surface area contributed by atoms with E-state index in [2.05, 4.69) is 0 Å². The monoisotopic (exact) mass is 321 g/mol. The van der Waals surface area contributed by atoms with Crippen LogP contribution in [0.2, 0.25) is 0 Å². The van der Waals surface area contributed by atoms with Crippen molar-refractivity contribution in [3.63, 3.8) is 0 Å². The van der Waals surface area contributed by atoms with E-state index in [1.807, 2.05) is 13.0 Å². The number of benzene rings is 1. The van der Waals surface area contributed by atoms with Gasteiger partial charge in [-0.3, -0.25) is 0 Å². The van der Waals surface area contributed by atoms with Crippen LogP contribution in [0.25, 0.3) is 0 Å². The third-order valence-corrected chi connectivity index (χ3v) is 3.29. The molecule has 1 aliphatic rings. The summed E-state index contributed by atoms with van der Waals surface area (Å²) < 4.78 is 20.6. The SMILES string of the molecule is CCOc1ccccc1N1COCC(C(=O)OC)=C1C(=O)OC. The average molecular weight is 321 g/mol. The van der Waals surface area contributed by atoms with Gasteiger partial charge in [-0.1, -0.05) is 12.1 Å². The van der Waals surface area contributed by atoms with Crippen LogP contribution in [0.1, 0.15) is 6.92 Å². The number of nitrogens with zero attached hydrogens (tertiary/aromatic N) is 1. The van der Waals surface area contributed by atoms with Crippen LogP contribution in [0, 0.1) is 0 Å². The molecule has 7 heteroatoms. The molecule has 0 radical (unpaired) electrons. The molecule has 7 nitrogen and oxygen atoms in total. The number of carbonyl (C=O) groups excluding carboxylic acids is 2. The van der Waals surface area contributed by atoms with Crippen molar-refractivity contribution in [2.75, 3.05) is 39.1 Å². The van der Waals surface area contributed by atoms with Crippen molar-refractivity contribution in [2.45, 2.75) is 6.92 Å². The van der Waals surface area contributed by atoms with E-state index >= 15 is 0 Å². The van der Waals surface area contributed by atoms with Crippen LogP contribution in [0.5, 0.6) is 5.75 Å². The summed E-state index contributed by atoms with van der Waals surface area (Å²) >= 11 is 0. The molecule has 23 heavy (non-hydrogen) atoms. The molecule has 1 heterocycles. The van der Waals surface area contributed by atoms with Gasteiger partial charge < -0.3 is 23.8 Å². The molecular weight excluding hydrogens is 302 g/mol. The van der Waals surface area contributed by atoms with Crippen LogP contribution in [-0.2, 0) is 23.8 Å². The first-order valence-corrected chi connectivity index (χ1v) is 7.10. The van der Waals surface area contributed by atoms with Crippen LogP contribution >= 0.6 is 0 Å². The Hall–Kier alpha value is -2.54. The number of ether oxygens (including phenoxy) is 4. The van der Waals surface area contributed by atoms with Gasteiger partial charge in [0.25, 0.3) is 0 Å². The lowest BCUT2D eigenvalue weighted by Gasteiger charge is -2.32. The number of esters is 2. The molecular formula is C16H19NO6. The highest BCUT2D eigenvalue weighted by atomic mass is 16.5. The second-order valence-electron chi connectivity index (χ2n) is 4.62. The zero-order valence-corrected chi connectivity index (χ0v) is 13.3. The third-order valence-electron chi connectivity index (χ3n) is 3.29. The maximum atomic E-state index is 12.2. The van der Waals surface area contributed by atoms with Crippen molar-refractivity contribution in [1.82, 2.24) is 0 Å². The molecule has 0 N–H and O–H groups in total. The maximum absolute atomic E-state index is 12.2. The summed E-state index contributed by atoms with van der Waals surface area (Å²) in [6.45, 7) is 2.40. The van der Waals surface area contributed by atoms with E-state index in [0.29, 0.717) is 18.0 Å². The molecule has 0 saturated carbocycles. The minimum Gasteiger partial charge on any atom is -0.492 e. The van der Waals surface area contributed by atoms with E-state index in [1.165, 1.54) is 14.2 Å². The molecule has 0 aromatic heterocycles. The molecule has 2 rings (SSSR count). The summed E-state index contributed by atoms with van der Waals surface area (Å²) in [4.78, 5) is 25.7. The van der Waals surface area contributed by atoms with Crippen molar-refractivity contribution < 1.29 is 28.5 Å². The van der Waals surface area contributed by atoms with Crippen LogP contribution in [0.3, 0.4) is 0 Å². The van der Waals surface area contributed by atoms with Gasteiger partial charge in [0.2, 0.25) is 0 Å². The van der Waals surface area contributed by atoms with E-state index in [-0.39, 0.29) is 24.6 Å². The lowest BCUT2D eigenvalue weighted by atomic mass is 10.1. The van der Waals surface area contributed by atoms with Gasteiger partial charge in [0.1, 0.15) is 18.2 Å². The Morgan fingerprint density at radius 2 is 1.87 bits per heavy atom. The highest BCUT2D eigenvalue weighted by molar-refractivity contribution is 6.03. The summed E-state index contributed by atoms with van der Waals surface area (Å²) in [5.41, 5.74) is 0.811. The molecule has 1 aromatic rings. The average Bonchev–Trinajstić information content (AvgIpc) is 2.60. The predicted molar refractivity (Wildman–Crippen MR) is 82.0 cm³/mol. The summed E-state index contributed by atoms with van der Waals surface area (Å²) in [5.74, 6) is -0.699. The smallest absolute Gasteiger partial charge is 0.355 e. The Labute approximate surface area is 134 Å². The quantitative estimate of drug-likeness (QED) is 0.760.